The van der Waals surface area contributed by atoms with E-state index in [0.29, 0.717) is 45.6 Å². The molecule has 3 N–H and O–H groups in total. The first kappa shape index (κ1) is 25.9. The van der Waals surface area contributed by atoms with Crippen molar-refractivity contribution in [3.8, 4) is 28.5 Å². The van der Waals surface area contributed by atoms with Crippen molar-refractivity contribution in [1.82, 2.24) is 15.1 Å². The van der Waals surface area contributed by atoms with Gasteiger partial charge in [-0.15, -0.1) is 0 Å². The van der Waals surface area contributed by atoms with Crippen LogP contribution in [0.2, 0.25) is 5.02 Å². The number of phenolic OH excluding ortho intramolecular Hbond substituents is 1. The molecule has 1 unspecified atom stereocenters. The quantitative estimate of drug-likeness (QED) is 0.302. The lowest BCUT2D eigenvalue weighted by Gasteiger charge is -2.26. The van der Waals surface area contributed by atoms with Gasteiger partial charge in [-0.1, -0.05) is 43.9 Å². The number of H-pyrrole nitrogens is 1. The van der Waals surface area contributed by atoms with Gasteiger partial charge in [0.25, 0.3) is 5.91 Å². The number of hydrogen-bond donors (Lipinski definition) is 3. The minimum absolute atomic E-state index is 0.0161. The molecule has 0 saturated carbocycles. The van der Waals surface area contributed by atoms with Crippen LogP contribution in [0.15, 0.2) is 30.3 Å². The van der Waals surface area contributed by atoms with Gasteiger partial charge in [0, 0.05) is 22.7 Å². The van der Waals surface area contributed by atoms with Gasteiger partial charge >= 0.3 is 0 Å². The lowest BCUT2D eigenvalue weighted by Crippen LogP contribution is -2.32. The second-order valence-corrected chi connectivity index (χ2v) is 9.33. The van der Waals surface area contributed by atoms with Crippen molar-refractivity contribution in [2.45, 2.75) is 45.6 Å². The third-order valence-corrected chi connectivity index (χ3v) is 6.90. The van der Waals surface area contributed by atoms with Gasteiger partial charge in [0.15, 0.2) is 11.5 Å². The second-order valence-electron chi connectivity index (χ2n) is 8.92. The molecule has 4 rings (SSSR count). The Labute approximate surface area is 215 Å². The van der Waals surface area contributed by atoms with Crippen LogP contribution in [0, 0.1) is 6.92 Å². The van der Waals surface area contributed by atoms with E-state index in [1.165, 1.54) is 6.42 Å². The van der Waals surface area contributed by atoms with Gasteiger partial charge in [-0.3, -0.25) is 9.89 Å². The van der Waals surface area contributed by atoms with E-state index in [4.69, 9.17) is 21.1 Å². The van der Waals surface area contributed by atoms with Gasteiger partial charge in [-0.2, -0.15) is 5.10 Å². The summed E-state index contributed by atoms with van der Waals surface area (Å²) in [4.78, 5) is 14.9. The number of halogens is 1. The van der Waals surface area contributed by atoms with Crippen LogP contribution >= 0.6 is 11.6 Å². The molecular weight excluding hydrogens is 482 g/mol. The summed E-state index contributed by atoms with van der Waals surface area (Å²) in [5, 5.41) is 28.1. The van der Waals surface area contributed by atoms with E-state index in [1.54, 1.807) is 31.1 Å². The highest BCUT2D eigenvalue weighted by Crippen LogP contribution is 2.46. The molecule has 0 radical (unpaired) electrons. The van der Waals surface area contributed by atoms with Crippen molar-refractivity contribution in [2.24, 2.45) is 0 Å². The lowest BCUT2D eigenvalue weighted by molar-refractivity contribution is 0.0706. The van der Waals surface area contributed by atoms with E-state index < -0.39 is 6.04 Å². The minimum atomic E-state index is -0.555. The van der Waals surface area contributed by atoms with E-state index >= 15 is 0 Å². The largest absolute Gasteiger partial charge is 0.507 e. The van der Waals surface area contributed by atoms with Crippen molar-refractivity contribution in [1.29, 1.82) is 0 Å². The predicted octanol–water partition coefficient (Wildman–Crippen LogP) is 5.25. The van der Waals surface area contributed by atoms with Crippen molar-refractivity contribution >= 4 is 17.5 Å². The Bertz CT molecular complexity index is 1240. The first-order valence-electron chi connectivity index (χ1n) is 12.2. The number of phenols is 1. The Hall–Kier alpha value is -3.23. The molecule has 0 saturated heterocycles. The van der Waals surface area contributed by atoms with Gasteiger partial charge in [0.05, 0.1) is 26.4 Å². The van der Waals surface area contributed by atoms with E-state index in [9.17, 15) is 15.0 Å². The number of aromatic hydroxyl groups is 1. The average Bonchev–Trinajstić information content (AvgIpc) is 3.40. The Balaban J connectivity index is 1.74. The Morgan fingerprint density at radius 2 is 1.97 bits per heavy atom. The van der Waals surface area contributed by atoms with Crippen molar-refractivity contribution < 1.29 is 24.5 Å². The number of aromatic nitrogens is 2. The fourth-order valence-corrected chi connectivity index (χ4v) is 4.79. The maximum Gasteiger partial charge on any atom is 0.273 e. The fraction of sp³-hybridized carbons (Fsp3) is 0.407. The zero-order valence-electron chi connectivity index (χ0n) is 20.8. The fourth-order valence-electron chi connectivity index (χ4n) is 4.63. The maximum atomic E-state index is 13.3. The highest BCUT2D eigenvalue weighted by molar-refractivity contribution is 6.31. The molecule has 1 aliphatic heterocycles. The number of aryl methyl sites for hydroxylation is 1. The van der Waals surface area contributed by atoms with Crippen LogP contribution in [0.25, 0.3) is 11.3 Å². The number of aromatic amines is 1. The summed E-state index contributed by atoms with van der Waals surface area (Å²) in [6.07, 6.45) is 4.41. The average molecular weight is 514 g/mol. The number of aliphatic hydroxyl groups is 1. The van der Waals surface area contributed by atoms with Crippen LogP contribution < -0.4 is 9.47 Å². The highest BCUT2D eigenvalue weighted by Gasteiger charge is 2.42. The highest BCUT2D eigenvalue weighted by atomic mass is 35.5. The molecule has 2 aromatic carbocycles. The van der Waals surface area contributed by atoms with Gasteiger partial charge < -0.3 is 24.6 Å². The van der Waals surface area contributed by atoms with Crippen LogP contribution in [0.4, 0.5) is 0 Å². The Morgan fingerprint density at radius 3 is 2.69 bits per heavy atom. The molecule has 9 heteroatoms. The number of hydrogen-bond acceptors (Lipinski definition) is 6. The third kappa shape index (κ3) is 4.88. The van der Waals surface area contributed by atoms with Crippen LogP contribution in [0.3, 0.4) is 0 Å². The number of rotatable bonds is 11. The summed E-state index contributed by atoms with van der Waals surface area (Å²) in [5.41, 5.74) is 3.28. The Morgan fingerprint density at radius 1 is 1.17 bits per heavy atom. The van der Waals surface area contributed by atoms with E-state index in [0.717, 1.165) is 30.4 Å². The lowest BCUT2D eigenvalue weighted by atomic mass is 9.95. The number of ether oxygens (including phenoxy) is 2. The number of carbonyl (C=O) groups is 1. The standard InChI is InChI=1S/C27H32ClN3O5/c1-4-5-6-7-12-36-21-9-8-17(14-22(21)35-3)26-23-24(18-15-19(28)16(2)13-20(18)33)29-30-25(23)27(34)31(26)10-11-32/h8-9,13-15,26,32-33H,4-7,10-12H2,1-3H3,(H,29,30). The number of fused-ring (bicyclic) bond motifs is 1. The molecule has 0 bridgehead atoms. The molecule has 0 fully saturated rings. The zero-order valence-corrected chi connectivity index (χ0v) is 21.6. The van der Waals surface area contributed by atoms with Crippen LogP contribution in [-0.2, 0) is 0 Å². The molecule has 2 heterocycles. The molecule has 8 nitrogen and oxygen atoms in total. The number of methoxy groups -OCH3 is 1. The molecule has 0 aliphatic carbocycles. The van der Waals surface area contributed by atoms with Crippen LogP contribution in [0.5, 0.6) is 17.2 Å². The third-order valence-electron chi connectivity index (χ3n) is 6.50. The number of unbranched alkanes of at least 4 members (excludes halogenated alkanes) is 3. The van der Waals surface area contributed by atoms with Gasteiger partial charge in [-0.25, -0.2) is 0 Å². The number of benzene rings is 2. The monoisotopic (exact) mass is 513 g/mol. The SMILES string of the molecule is CCCCCCOc1ccc(C2c3c(-c4cc(Cl)c(C)cc4O)n[nH]c3C(=O)N2CCO)cc1OC. The topological polar surface area (TPSA) is 108 Å². The molecule has 36 heavy (non-hydrogen) atoms. The number of nitrogens with zero attached hydrogens (tertiary/aromatic N) is 2. The van der Waals surface area contributed by atoms with Crippen molar-refractivity contribution in [3.05, 3.63) is 57.7 Å². The molecule has 1 atom stereocenters. The van der Waals surface area contributed by atoms with E-state index in [2.05, 4.69) is 17.1 Å². The summed E-state index contributed by atoms with van der Waals surface area (Å²) in [7, 11) is 1.58. The number of nitrogens with one attached hydrogen (secondary N) is 1. The molecule has 0 spiro atoms. The first-order valence-corrected chi connectivity index (χ1v) is 12.6. The zero-order chi connectivity index (χ0) is 25.8. The van der Waals surface area contributed by atoms with E-state index in [-0.39, 0.29) is 24.8 Å². The van der Waals surface area contributed by atoms with Gasteiger partial charge in [0.1, 0.15) is 17.1 Å². The van der Waals surface area contributed by atoms with Crippen molar-refractivity contribution in [2.75, 3.05) is 26.9 Å². The van der Waals surface area contributed by atoms with Crippen molar-refractivity contribution in [3.63, 3.8) is 0 Å². The van der Waals surface area contributed by atoms with E-state index in [1.807, 2.05) is 18.2 Å². The number of β-amino-alcohol motifs (C(OH)–C–C–N with tert-alkyl or cyclic N) is 1. The Kier molecular flexibility index (Phi) is 8.06. The number of aliphatic hydroxyl groups excluding tert-OH is 1. The minimum Gasteiger partial charge on any atom is -0.507 e. The molecule has 192 valence electrons. The van der Waals surface area contributed by atoms with Gasteiger partial charge in [0.2, 0.25) is 0 Å². The number of carbonyl (C=O) groups excluding carboxylic acids is 1. The molecule has 1 aromatic heterocycles. The van der Waals surface area contributed by atoms with Crippen LogP contribution in [-0.4, -0.2) is 58.1 Å². The summed E-state index contributed by atoms with van der Waals surface area (Å²) >= 11 is 6.35. The summed E-state index contributed by atoms with van der Waals surface area (Å²) in [5.74, 6) is 0.920. The number of amides is 1. The van der Waals surface area contributed by atoms with Gasteiger partial charge in [-0.05, 0) is 48.7 Å². The maximum absolute atomic E-state index is 13.3. The molecule has 1 aliphatic rings. The molecule has 1 amide bonds. The summed E-state index contributed by atoms with van der Waals surface area (Å²) in [6.45, 7) is 4.49. The first-order chi connectivity index (χ1) is 17.4. The molecular formula is C27H32ClN3O5. The normalized spacial score (nSPS) is 14.9. The smallest absolute Gasteiger partial charge is 0.273 e. The summed E-state index contributed by atoms with van der Waals surface area (Å²) in [6, 6.07) is 8.24. The summed E-state index contributed by atoms with van der Waals surface area (Å²) < 4.78 is 11.6. The predicted molar refractivity (Wildman–Crippen MR) is 138 cm³/mol. The molecule has 3 aromatic rings. The second kappa shape index (κ2) is 11.2. The van der Waals surface area contributed by atoms with Crippen LogP contribution in [0.1, 0.15) is 65.8 Å².